The van der Waals surface area contributed by atoms with Gasteiger partial charge >= 0.3 is 5.97 Å². The number of carbonyl (C=O) groups is 3. The second-order valence-corrected chi connectivity index (χ2v) is 8.68. The van der Waals surface area contributed by atoms with Gasteiger partial charge in [0.05, 0.1) is 31.3 Å². The second kappa shape index (κ2) is 9.83. The molecule has 0 radical (unpaired) electrons. The Morgan fingerprint density at radius 1 is 1.18 bits per heavy atom. The van der Waals surface area contributed by atoms with Crippen molar-refractivity contribution < 1.29 is 28.6 Å². The maximum Gasteiger partial charge on any atom is 0.347 e. The van der Waals surface area contributed by atoms with Crippen molar-refractivity contribution in [3.05, 3.63) is 48.1 Å². The standard InChI is InChI=1S/C26H30N2O6/c1-5-8-19-11-16(12-20(32-6-2)23(19)34-15(4)26(31)33-7-3)14-27-28-24(29)21-17-9-10-18(13-17)22(21)25(28)30/h5,9-12,14-15,17-18,21-22H,1,6-8,13H2,2-4H3/t15-,17-,18-,21-,22+/m0/s1. The Bertz CT molecular complexity index is 1030. The van der Waals surface area contributed by atoms with E-state index in [1.165, 1.54) is 6.21 Å². The van der Waals surface area contributed by atoms with Crippen LogP contribution in [0.4, 0.5) is 0 Å². The summed E-state index contributed by atoms with van der Waals surface area (Å²) in [6, 6.07) is 3.53. The summed E-state index contributed by atoms with van der Waals surface area (Å²) in [5.74, 6) is -0.417. The molecule has 8 nitrogen and oxygen atoms in total. The molecule has 3 aliphatic rings. The van der Waals surface area contributed by atoms with Gasteiger partial charge in [-0.25, -0.2) is 4.79 Å². The molecular formula is C26H30N2O6. The van der Waals surface area contributed by atoms with Crippen molar-refractivity contribution in [3.63, 3.8) is 0 Å². The molecule has 180 valence electrons. The molecule has 1 aromatic carbocycles. The molecule has 2 aliphatic carbocycles. The number of nitrogens with zero attached hydrogens (tertiary/aromatic N) is 2. The lowest BCUT2D eigenvalue weighted by molar-refractivity contribution is -0.150. The number of imide groups is 1. The SMILES string of the molecule is C=CCc1cc(C=NN2C(=O)[C@@H]3[C@H](C2=O)[C@H]2C=C[C@H]3C2)cc(OCC)c1O[C@@H](C)C(=O)OCC. The van der Waals surface area contributed by atoms with Crippen molar-refractivity contribution in [3.8, 4) is 11.5 Å². The van der Waals surface area contributed by atoms with Crippen LogP contribution in [0.25, 0.3) is 0 Å². The van der Waals surface area contributed by atoms with Gasteiger partial charge < -0.3 is 14.2 Å². The highest BCUT2D eigenvalue weighted by Gasteiger charge is 2.59. The number of allylic oxidation sites excluding steroid dienone is 3. The first-order valence-corrected chi connectivity index (χ1v) is 11.7. The third kappa shape index (κ3) is 4.24. The van der Waals surface area contributed by atoms with Gasteiger partial charge in [0.15, 0.2) is 17.6 Å². The predicted molar refractivity (Wildman–Crippen MR) is 125 cm³/mol. The van der Waals surface area contributed by atoms with Gasteiger partial charge in [-0.15, -0.1) is 6.58 Å². The third-order valence-electron chi connectivity index (χ3n) is 6.50. The summed E-state index contributed by atoms with van der Waals surface area (Å²) in [5, 5.41) is 5.28. The van der Waals surface area contributed by atoms with Gasteiger partial charge in [0, 0.05) is 5.56 Å². The fourth-order valence-corrected chi connectivity index (χ4v) is 5.07. The van der Waals surface area contributed by atoms with Crippen LogP contribution in [0, 0.1) is 23.7 Å². The molecule has 1 aromatic rings. The van der Waals surface area contributed by atoms with Gasteiger partial charge in [0.25, 0.3) is 11.8 Å². The van der Waals surface area contributed by atoms with Crippen molar-refractivity contribution >= 4 is 24.0 Å². The number of hydrogen-bond donors (Lipinski definition) is 0. The van der Waals surface area contributed by atoms with Crippen LogP contribution in [-0.2, 0) is 25.5 Å². The molecule has 2 bridgehead atoms. The number of ether oxygens (including phenoxy) is 3. The van der Waals surface area contributed by atoms with E-state index >= 15 is 0 Å². The summed E-state index contributed by atoms with van der Waals surface area (Å²) in [6.07, 6.45) is 7.80. The molecule has 8 heteroatoms. The van der Waals surface area contributed by atoms with Crippen molar-refractivity contribution in [2.45, 2.75) is 39.7 Å². The van der Waals surface area contributed by atoms with Crippen LogP contribution in [0.15, 0.2) is 42.0 Å². The maximum atomic E-state index is 12.9. The average molecular weight is 467 g/mol. The molecule has 4 rings (SSSR count). The zero-order chi connectivity index (χ0) is 24.4. The Hall–Kier alpha value is -3.42. The van der Waals surface area contributed by atoms with E-state index in [2.05, 4.69) is 23.8 Å². The first-order chi connectivity index (χ1) is 16.4. The quantitative estimate of drug-likeness (QED) is 0.227. The highest BCUT2D eigenvalue weighted by atomic mass is 16.6. The van der Waals surface area contributed by atoms with Crippen LogP contribution in [0.5, 0.6) is 11.5 Å². The van der Waals surface area contributed by atoms with Gasteiger partial charge in [0.1, 0.15) is 0 Å². The topological polar surface area (TPSA) is 94.5 Å². The normalized spacial score (nSPS) is 25.7. The lowest BCUT2D eigenvalue weighted by Crippen LogP contribution is -2.28. The van der Waals surface area contributed by atoms with Crippen molar-refractivity contribution in [2.75, 3.05) is 13.2 Å². The number of rotatable bonds is 10. The fourth-order valence-electron chi connectivity index (χ4n) is 5.07. The maximum absolute atomic E-state index is 12.9. The number of fused-ring (bicyclic) bond motifs is 5. The molecule has 0 spiro atoms. The van der Waals surface area contributed by atoms with Crippen molar-refractivity contribution in [2.24, 2.45) is 28.8 Å². The molecule has 1 saturated carbocycles. The summed E-state index contributed by atoms with van der Waals surface area (Å²) >= 11 is 0. The minimum atomic E-state index is -0.828. The van der Waals surface area contributed by atoms with E-state index in [9.17, 15) is 14.4 Å². The number of hydrazone groups is 1. The predicted octanol–water partition coefficient (Wildman–Crippen LogP) is 3.29. The van der Waals surface area contributed by atoms with Gasteiger partial charge in [-0.1, -0.05) is 18.2 Å². The fraction of sp³-hybridized carbons (Fsp3) is 0.462. The van der Waals surface area contributed by atoms with E-state index < -0.39 is 12.1 Å². The highest BCUT2D eigenvalue weighted by molar-refractivity contribution is 6.06. The molecule has 2 amide bonds. The van der Waals surface area contributed by atoms with Gasteiger partial charge in [0.2, 0.25) is 0 Å². The van der Waals surface area contributed by atoms with Crippen LogP contribution in [-0.4, -0.2) is 48.3 Å². The van der Waals surface area contributed by atoms with Crippen LogP contribution in [0.1, 0.15) is 38.3 Å². The van der Waals surface area contributed by atoms with Gasteiger partial charge in [-0.2, -0.15) is 10.1 Å². The zero-order valence-corrected chi connectivity index (χ0v) is 19.7. The Kier molecular flexibility index (Phi) is 6.86. The molecule has 1 heterocycles. The number of benzene rings is 1. The largest absolute Gasteiger partial charge is 0.490 e. The molecule has 2 fully saturated rings. The molecule has 1 aliphatic heterocycles. The number of hydrogen-bond acceptors (Lipinski definition) is 7. The summed E-state index contributed by atoms with van der Waals surface area (Å²) < 4.78 is 16.8. The minimum absolute atomic E-state index is 0.133. The lowest BCUT2D eigenvalue weighted by atomic mass is 9.85. The number of amides is 2. The Balaban J connectivity index is 1.60. The van der Waals surface area contributed by atoms with Gasteiger partial charge in [-0.3, -0.25) is 9.59 Å². The molecular weight excluding hydrogens is 436 g/mol. The van der Waals surface area contributed by atoms with Crippen molar-refractivity contribution in [1.29, 1.82) is 0 Å². The molecule has 1 saturated heterocycles. The van der Waals surface area contributed by atoms with E-state index in [1.54, 1.807) is 26.0 Å². The molecule has 34 heavy (non-hydrogen) atoms. The number of carbonyl (C=O) groups excluding carboxylic acids is 3. The molecule has 5 atom stereocenters. The Morgan fingerprint density at radius 3 is 2.44 bits per heavy atom. The van der Waals surface area contributed by atoms with E-state index in [0.717, 1.165) is 17.0 Å². The zero-order valence-electron chi connectivity index (χ0n) is 19.7. The molecule has 0 N–H and O–H groups in total. The monoisotopic (exact) mass is 466 g/mol. The molecule has 0 aromatic heterocycles. The first-order valence-electron chi connectivity index (χ1n) is 11.7. The highest BCUT2D eigenvalue weighted by Crippen LogP contribution is 2.52. The van der Waals surface area contributed by atoms with Gasteiger partial charge in [-0.05, 0) is 63.1 Å². The van der Waals surface area contributed by atoms with E-state index in [-0.39, 0.29) is 42.1 Å². The van der Waals surface area contributed by atoms with E-state index in [0.29, 0.717) is 30.1 Å². The van der Waals surface area contributed by atoms with Crippen LogP contribution >= 0.6 is 0 Å². The first kappa shape index (κ1) is 23.7. The Labute approximate surface area is 199 Å². The lowest BCUT2D eigenvalue weighted by Gasteiger charge is -2.20. The van der Waals surface area contributed by atoms with E-state index in [4.69, 9.17) is 14.2 Å². The second-order valence-electron chi connectivity index (χ2n) is 8.68. The summed E-state index contributed by atoms with van der Waals surface area (Å²) in [4.78, 5) is 37.9. The summed E-state index contributed by atoms with van der Waals surface area (Å²) in [6.45, 7) is 9.63. The molecule has 0 unspecified atom stereocenters. The van der Waals surface area contributed by atoms with E-state index in [1.807, 2.05) is 13.0 Å². The van der Waals surface area contributed by atoms with Crippen molar-refractivity contribution in [1.82, 2.24) is 5.01 Å². The third-order valence-corrected chi connectivity index (χ3v) is 6.50. The average Bonchev–Trinajstić information content (AvgIpc) is 3.49. The smallest absolute Gasteiger partial charge is 0.347 e. The summed E-state index contributed by atoms with van der Waals surface area (Å²) in [5.41, 5.74) is 1.37. The number of esters is 1. The minimum Gasteiger partial charge on any atom is -0.490 e. The summed E-state index contributed by atoms with van der Waals surface area (Å²) in [7, 11) is 0. The van der Waals surface area contributed by atoms with Crippen LogP contribution in [0.3, 0.4) is 0 Å². The van der Waals surface area contributed by atoms with Crippen LogP contribution < -0.4 is 9.47 Å². The Morgan fingerprint density at radius 2 is 1.85 bits per heavy atom. The van der Waals surface area contributed by atoms with Crippen LogP contribution in [0.2, 0.25) is 0 Å².